The molecule has 0 aliphatic carbocycles. The molecule has 0 unspecified atom stereocenters. The van der Waals surface area contributed by atoms with Gasteiger partial charge in [0.2, 0.25) is 29.2 Å². The zero-order valence-corrected chi connectivity index (χ0v) is 42.9. The third-order valence-corrected chi connectivity index (χ3v) is 10.5. The molecule has 69 heavy (non-hydrogen) atoms. The first-order valence-electron chi connectivity index (χ1n) is 25.5. The molecule has 1 atom stereocenters. The fraction of sp³-hybridized carbons (Fsp3) is 0.840. The predicted molar refractivity (Wildman–Crippen MR) is 260 cm³/mol. The molecule has 0 aromatic rings. The largest absolute Gasteiger partial charge is 0.478 e. The van der Waals surface area contributed by atoms with Gasteiger partial charge in [0.05, 0.1) is 52.9 Å². The Morgan fingerprint density at radius 3 is 1.33 bits per heavy atom. The highest BCUT2D eigenvalue weighted by atomic mass is 16.6. The van der Waals surface area contributed by atoms with Gasteiger partial charge >= 0.3 is 17.9 Å². The summed E-state index contributed by atoms with van der Waals surface area (Å²) in [5.41, 5.74) is -2.18. The van der Waals surface area contributed by atoms with Crippen LogP contribution in [0.4, 0.5) is 0 Å². The molecule has 19 heteroatoms. The van der Waals surface area contributed by atoms with Crippen LogP contribution in [0.15, 0.2) is 0 Å². The van der Waals surface area contributed by atoms with Crippen molar-refractivity contribution >= 4 is 47.8 Å². The maximum atomic E-state index is 12.9. The minimum Gasteiger partial charge on any atom is -0.478 e. The number of aldehydes is 1. The van der Waals surface area contributed by atoms with Gasteiger partial charge in [-0.3, -0.25) is 24.0 Å². The molecular formula is C50H90N4O15. The summed E-state index contributed by atoms with van der Waals surface area (Å²) < 4.78 is 32.3. The van der Waals surface area contributed by atoms with Gasteiger partial charge in [-0.05, 0) is 66.7 Å². The molecule has 0 fully saturated rings. The van der Waals surface area contributed by atoms with Crippen molar-refractivity contribution < 1.29 is 71.9 Å². The standard InChI is InChI=1S/C50H90N4O15/c1-49(2,3)69-47(61)41(54-45(59)24-18-16-14-12-10-8-6-7-9-11-13-15-17-19-26-46(60)68-50(4,5)48(62)63)23-20-21-29-51-43(57)27-33-64-37-40-67-36-31-53-44(58)28-34-65-38-39-66-35-30-52-42(56)25-22-32-55/h32,41H,6-31,33-40H2,1-5H3,(H,51,57)(H,52,56)(H,53,58)(H,54,59)(H,62,63)/t41-/m0/s1. The van der Waals surface area contributed by atoms with Crippen molar-refractivity contribution in [2.45, 2.75) is 200 Å². The molecule has 0 rings (SSSR count). The van der Waals surface area contributed by atoms with Gasteiger partial charge in [-0.2, -0.15) is 0 Å². The van der Waals surface area contributed by atoms with Crippen LogP contribution in [0.25, 0.3) is 0 Å². The minimum absolute atomic E-state index is 0.151. The van der Waals surface area contributed by atoms with Crippen molar-refractivity contribution in [2.24, 2.45) is 0 Å². The van der Waals surface area contributed by atoms with Crippen molar-refractivity contribution in [1.82, 2.24) is 21.3 Å². The number of amides is 4. The monoisotopic (exact) mass is 987 g/mol. The van der Waals surface area contributed by atoms with E-state index in [0.29, 0.717) is 97.7 Å². The summed E-state index contributed by atoms with van der Waals surface area (Å²) in [5, 5.41) is 20.2. The van der Waals surface area contributed by atoms with Gasteiger partial charge in [0.1, 0.15) is 17.9 Å². The van der Waals surface area contributed by atoms with E-state index in [1.807, 2.05) is 0 Å². The second-order valence-electron chi connectivity index (χ2n) is 18.6. The quantitative estimate of drug-likeness (QED) is 0.0274. The first-order valence-corrected chi connectivity index (χ1v) is 25.5. The molecule has 0 aromatic heterocycles. The number of carboxylic acids is 1. The van der Waals surface area contributed by atoms with E-state index in [-0.39, 0.29) is 68.9 Å². The number of hydrogen-bond donors (Lipinski definition) is 5. The maximum absolute atomic E-state index is 12.9. The molecule has 0 aliphatic heterocycles. The molecule has 0 spiro atoms. The number of carboxylic acid groups (broad SMARTS) is 1. The van der Waals surface area contributed by atoms with E-state index in [1.54, 1.807) is 20.8 Å². The lowest BCUT2D eigenvalue weighted by atomic mass is 10.0. The Morgan fingerprint density at radius 1 is 0.464 bits per heavy atom. The van der Waals surface area contributed by atoms with E-state index < -0.39 is 35.2 Å². The lowest BCUT2D eigenvalue weighted by Gasteiger charge is -2.24. The zero-order chi connectivity index (χ0) is 51.4. The Labute approximate surface area is 412 Å². The van der Waals surface area contributed by atoms with Gasteiger partial charge < -0.3 is 59.6 Å². The zero-order valence-electron chi connectivity index (χ0n) is 42.9. The van der Waals surface area contributed by atoms with Crippen LogP contribution in [0.1, 0.15) is 182 Å². The van der Waals surface area contributed by atoms with E-state index in [9.17, 15) is 38.4 Å². The highest BCUT2D eigenvalue weighted by Crippen LogP contribution is 2.16. The molecule has 0 radical (unpaired) electrons. The highest BCUT2D eigenvalue weighted by Gasteiger charge is 2.31. The van der Waals surface area contributed by atoms with Gasteiger partial charge in [-0.1, -0.05) is 77.0 Å². The summed E-state index contributed by atoms with van der Waals surface area (Å²) in [5.74, 6) is -2.75. The van der Waals surface area contributed by atoms with E-state index in [1.165, 1.54) is 52.4 Å². The molecular weight excluding hydrogens is 897 g/mol. The molecule has 0 heterocycles. The number of nitrogens with one attached hydrogen (secondary N) is 4. The smallest absolute Gasteiger partial charge is 0.347 e. The molecule has 0 saturated carbocycles. The molecule has 4 amide bonds. The third-order valence-electron chi connectivity index (χ3n) is 10.5. The average Bonchev–Trinajstić information content (AvgIpc) is 3.28. The predicted octanol–water partition coefficient (Wildman–Crippen LogP) is 5.81. The number of unbranched alkanes of at least 4 members (excludes halogenated alkanes) is 14. The van der Waals surface area contributed by atoms with Crippen LogP contribution in [0, 0.1) is 0 Å². The Hall–Kier alpha value is -4.20. The Kier molecular flexibility index (Phi) is 40.1. The third kappa shape index (κ3) is 43.6. The summed E-state index contributed by atoms with van der Waals surface area (Å²) in [6.45, 7) is 11.6. The van der Waals surface area contributed by atoms with Crippen molar-refractivity contribution in [3.63, 3.8) is 0 Å². The summed E-state index contributed by atoms with van der Waals surface area (Å²) in [4.78, 5) is 94.5. The number of ether oxygens (including phenoxy) is 6. The first-order chi connectivity index (χ1) is 33.0. The summed E-state index contributed by atoms with van der Waals surface area (Å²) in [6.07, 6.45) is 18.6. The van der Waals surface area contributed by atoms with Crippen LogP contribution < -0.4 is 21.3 Å². The number of carbonyl (C=O) groups excluding carboxylic acids is 7. The van der Waals surface area contributed by atoms with Crippen LogP contribution in [0.5, 0.6) is 0 Å². The number of rotatable bonds is 47. The fourth-order valence-electron chi connectivity index (χ4n) is 6.60. The number of hydrogen-bond acceptors (Lipinski definition) is 14. The van der Waals surface area contributed by atoms with Crippen LogP contribution in [0.2, 0.25) is 0 Å². The number of aliphatic carboxylic acids is 1. The van der Waals surface area contributed by atoms with Crippen LogP contribution in [0.3, 0.4) is 0 Å². The van der Waals surface area contributed by atoms with E-state index in [0.717, 1.165) is 44.9 Å². The molecule has 5 N–H and O–H groups in total. The van der Waals surface area contributed by atoms with Crippen molar-refractivity contribution in [3.05, 3.63) is 0 Å². The topological polar surface area (TPSA) is 260 Å². The maximum Gasteiger partial charge on any atom is 0.347 e. The SMILES string of the molecule is CC(C)(C)OC(=O)[C@H](CCCCNC(=O)CCOCCOCCNC(=O)CCOCCOCCNC(=O)CCC=O)NC(=O)CCCCCCCCCCCCCCCCC(=O)OC(C)(C)C(=O)O. The van der Waals surface area contributed by atoms with Gasteiger partial charge in [0, 0.05) is 58.2 Å². The summed E-state index contributed by atoms with van der Waals surface area (Å²) >= 11 is 0. The normalized spacial score (nSPS) is 11.9. The first kappa shape index (κ1) is 64.8. The Morgan fingerprint density at radius 2 is 0.884 bits per heavy atom. The van der Waals surface area contributed by atoms with Crippen LogP contribution >= 0.6 is 0 Å². The fourth-order valence-corrected chi connectivity index (χ4v) is 6.60. The second kappa shape index (κ2) is 42.7. The van der Waals surface area contributed by atoms with E-state index in [2.05, 4.69) is 21.3 Å². The molecule has 0 aromatic carbocycles. The Bertz CT molecular complexity index is 1420. The number of carbonyl (C=O) groups is 8. The molecule has 0 saturated heterocycles. The Balaban J connectivity index is 3.91. The van der Waals surface area contributed by atoms with E-state index in [4.69, 9.17) is 33.5 Å². The molecule has 400 valence electrons. The van der Waals surface area contributed by atoms with Crippen molar-refractivity contribution in [3.8, 4) is 0 Å². The average molecular weight is 987 g/mol. The number of esters is 2. The van der Waals surface area contributed by atoms with E-state index >= 15 is 0 Å². The van der Waals surface area contributed by atoms with Crippen LogP contribution in [-0.4, -0.2) is 143 Å². The van der Waals surface area contributed by atoms with Gasteiger partial charge in [-0.25, -0.2) is 9.59 Å². The lowest BCUT2D eigenvalue weighted by molar-refractivity contribution is -0.174. The van der Waals surface area contributed by atoms with Gasteiger partial charge in [-0.15, -0.1) is 0 Å². The van der Waals surface area contributed by atoms with Gasteiger partial charge in [0.25, 0.3) is 0 Å². The summed E-state index contributed by atoms with van der Waals surface area (Å²) in [6, 6.07) is -0.756. The highest BCUT2D eigenvalue weighted by molar-refractivity contribution is 5.84. The summed E-state index contributed by atoms with van der Waals surface area (Å²) in [7, 11) is 0. The van der Waals surface area contributed by atoms with Crippen LogP contribution in [-0.2, 0) is 66.8 Å². The molecule has 0 aliphatic rings. The molecule has 19 nitrogen and oxygen atoms in total. The second-order valence-corrected chi connectivity index (χ2v) is 18.6. The minimum atomic E-state index is -1.49. The molecule has 0 bridgehead atoms. The van der Waals surface area contributed by atoms with Crippen molar-refractivity contribution in [1.29, 1.82) is 0 Å². The van der Waals surface area contributed by atoms with Crippen molar-refractivity contribution in [2.75, 3.05) is 72.5 Å². The lowest BCUT2D eigenvalue weighted by Crippen LogP contribution is -2.44. The van der Waals surface area contributed by atoms with Gasteiger partial charge in [0.15, 0.2) is 0 Å².